The fraction of sp³-hybridized carbons (Fsp3) is 0.588. The van der Waals surface area contributed by atoms with Crippen molar-refractivity contribution in [3.63, 3.8) is 0 Å². The SMILES string of the molecule is CCOc1ncccc1-c1nc([C@@H]2CCO[C@H]2C(C)(C)C)no1. The van der Waals surface area contributed by atoms with Gasteiger partial charge in [0, 0.05) is 12.8 Å². The lowest BCUT2D eigenvalue weighted by Gasteiger charge is -2.29. The number of ether oxygens (including phenoxy) is 2. The molecule has 0 N–H and O–H groups in total. The van der Waals surface area contributed by atoms with Gasteiger partial charge < -0.3 is 14.0 Å². The normalized spacial score (nSPS) is 21.6. The van der Waals surface area contributed by atoms with Crippen molar-refractivity contribution in [2.24, 2.45) is 5.41 Å². The molecule has 2 atom stereocenters. The summed E-state index contributed by atoms with van der Waals surface area (Å²) in [6.07, 6.45) is 2.69. The molecule has 0 saturated carbocycles. The van der Waals surface area contributed by atoms with Crippen molar-refractivity contribution < 1.29 is 14.0 Å². The Labute approximate surface area is 136 Å². The lowest BCUT2D eigenvalue weighted by atomic mass is 9.81. The molecule has 1 aliphatic heterocycles. The summed E-state index contributed by atoms with van der Waals surface area (Å²) in [5, 5.41) is 4.19. The van der Waals surface area contributed by atoms with Gasteiger partial charge in [0.15, 0.2) is 5.82 Å². The lowest BCUT2D eigenvalue weighted by Crippen LogP contribution is -2.30. The zero-order valence-electron chi connectivity index (χ0n) is 14.1. The monoisotopic (exact) mass is 317 g/mol. The molecule has 0 aromatic carbocycles. The Morgan fingerprint density at radius 2 is 2.17 bits per heavy atom. The van der Waals surface area contributed by atoms with Gasteiger partial charge in [-0.25, -0.2) is 4.98 Å². The van der Waals surface area contributed by atoms with Crippen LogP contribution >= 0.6 is 0 Å². The van der Waals surface area contributed by atoms with E-state index < -0.39 is 0 Å². The molecule has 2 aromatic rings. The number of hydrogen-bond donors (Lipinski definition) is 0. The number of hydrogen-bond acceptors (Lipinski definition) is 6. The topological polar surface area (TPSA) is 70.3 Å². The van der Waals surface area contributed by atoms with Gasteiger partial charge in [-0.15, -0.1) is 0 Å². The number of rotatable bonds is 4. The molecule has 1 saturated heterocycles. The molecule has 2 aromatic heterocycles. The van der Waals surface area contributed by atoms with E-state index in [1.165, 1.54) is 0 Å². The zero-order valence-corrected chi connectivity index (χ0v) is 14.1. The van der Waals surface area contributed by atoms with Gasteiger partial charge in [0.2, 0.25) is 5.88 Å². The van der Waals surface area contributed by atoms with Crippen LogP contribution in [0.25, 0.3) is 11.5 Å². The van der Waals surface area contributed by atoms with E-state index in [9.17, 15) is 0 Å². The predicted octanol–water partition coefficient (Wildman–Crippen LogP) is 3.45. The maximum atomic E-state index is 5.90. The minimum atomic E-state index is 0.0345. The van der Waals surface area contributed by atoms with Crippen molar-refractivity contribution in [1.29, 1.82) is 0 Å². The summed E-state index contributed by atoms with van der Waals surface area (Å²) in [5.74, 6) is 1.81. The van der Waals surface area contributed by atoms with Gasteiger partial charge in [-0.05, 0) is 30.9 Å². The van der Waals surface area contributed by atoms with E-state index in [1.807, 2.05) is 19.1 Å². The molecule has 6 nitrogen and oxygen atoms in total. The van der Waals surface area contributed by atoms with E-state index >= 15 is 0 Å². The van der Waals surface area contributed by atoms with Crippen LogP contribution in [0.15, 0.2) is 22.9 Å². The minimum Gasteiger partial charge on any atom is -0.477 e. The van der Waals surface area contributed by atoms with E-state index in [0.29, 0.717) is 24.2 Å². The molecule has 3 heterocycles. The Bertz CT molecular complexity index is 663. The van der Waals surface area contributed by atoms with E-state index in [1.54, 1.807) is 6.20 Å². The Balaban J connectivity index is 1.89. The highest BCUT2D eigenvalue weighted by Gasteiger charge is 2.40. The van der Waals surface area contributed by atoms with Gasteiger partial charge >= 0.3 is 0 Å². The van der Waals surface area contributed by atoms with Crippen LogP contribution in [0.1, 0.15) is 45.9 Å². The van der Waals surface area contributed by atoms with Gasteiger partial charge in [-0.1, -0.05) is 25.9 Å². The van der Waals surface area contributed by atoms with Crippen molar-refractivity contribution in [3.8, 4) is 17.3 Å². The second kappa shape index (κ2) is 6.28. The molecular formula is C17H23N3O3. The highest BCUT2D eigenvalue weighted by Crippen LogP contribution is 2.40. The van der Waals surface area contributed by atoms with Crippen molar-refractivity contribution in [2.75, 3.05) is 13.2 Å². The van der Waals surface area contributed by atoms with Crippen LogP contribution in [-0.4, -0.2) is 34.4 Å². The Hall–Kier alpha value is -1.95. The van der Waals surface area contributed by atoms with Crippen molar-refractivity contribution in [3.05, 3.63) is 24.2 Å². The van der Waals surface area contributed by atoms with Crippen molar-refractivity contribution >= 4 is 0 Å². The molecule has 1 fully saturated rings. The molecule has 0 radical (unpaired) electrons. The molecular weight excluding hydrogens is 294 g/mol. The van der Waals surface area contributed by atoms with E-state index in [0.717, 1.165) is 18.6 Å². The fourth-order valence-electron chi connectivity index (χ4n) is 3.01. The third-order valence-corrected chi connectivity index (χ3v) is 4.00. The summed E-state index contributed by atoms with van der Waals surface area (Å²) in [5.41, 5.74) is 0.756. The Morgan fingerprint density at radius 3 is 2.91 bits per heavy atom. The minimum absolute atomic E-state index is 0.0345. The maximum Gasteiger partial charge on any atom is 0.263 e. The third kappa shape index (κ3) is 3.22. The van der Waals surface area contributed by atoms with Crippen LogP contribution < -0.4 is 4.74 Å². The summed E-state index contributed by atoms with van der Waals surface area (Å²) >= 11 is 0. The smallest absolute Gasteiger partial charge is 0.263 e. The van der Waals surface area contributed by atoms with Crippen LogP contribution in [0.5, 0.6) is 5.88 Å². The zero-order chi connectivity index (χ0) is 16.4. The van der Waals surface area contributed by atoms with Gasteiger partial charge in [-0.3, -0.25) is 0 Å². The quantitative estimate of drug-likeness (QED) is 0.860. The average molecular weight is 317 g/mol. The molecule has 6 heteroatoms. The fourth-order valence-corrected chi connectivity index (χ4v) is 3.01. The van der Waals surface area contributed by atoms with E-state index in [4.69, 9.17) is 14.0 Å². The van der Waals surface area contributed by atoms with Gasteiger partial charge in [0.05, 0.1) is 18.6 Å². The van der Waals surface area contributed by atoms with Gasteiger partial charge in [-0.2, -0.15) is 4.98 Å². The molecule has 0 amide bonds. The molecule has 124 valence electrons. The first-order valence-electron chi connectivity index (χ1n) is 8.04. The van der Waals surface area contributed by atoms with Crippen LogP contribution in [-0.2, 0) is 4.74 Å². The molecule has 3 rings (SSSR count). The molecule has 0 aliphatic carbocycles. The van der Waals surface area contributed by atoms with Crippen LogP contribution in [0.3, 0.4) is 0 Å². The van der Waals surface area contributed by atoms with Crippen LogP contribution in [0, 0.1) is 5.41 Å². The molecule has 1 aliphatic rings. The van der Waals surface area contributed by atoms with Crippen LogP contribution in [0.4, 0.5) is 0 Å². The third-order valence-electron chi connectivity index (χ3n) is 4.00. The standard InChI is InChI=1S/C17H23N3O3/c1-5-21-15-12(7-6-9-18-15)16-19-14(20-23-16)11-8-10-22-13(11)17(2,3)4/h6-7,9,11,13H,5,8,10H2,1-4H3/t11-,13-/m1/s1. The van der Waals surface area contributed by atoms with Crippen LogP contribution in [0.2, 0.25) is 0 Å². The lowest BCUT2D eigenvalue weighted by molar-refractivity contribution is 0.0193. The second-order valence-electron chi connectivity index (χ2n) is 6.80. The molecule has 0 unspecified atom stereocenters. The summed E-state index contributed by atoms with van der Waals surface area (Å²) in [7, 11) is 0. The van der Waals surface area contributed by atoms with E-state index in [-0.39, 0.29) is 17.4 Å². The largest absolute Gasteiger partial charge is 0.477 e. The highest BCUT2D eigenvalue weighted by molar-refractivity contribution is 5.59. The summed E-state index contributed by atoms with van der Waals surface area (Å²) < 4.78 is 16.9. The van der Waals surface area contributed by atoms with Gasteiger partial charge in [0.1, 0.15) is 5.56 Å². The average Bonchev–Trinajstić information content (AvgIpc) is 3.16. The van der Waals surface area contributed by atoms with Crippen molar-refractivity contribution in [2.45, 2.75) is 46.1 Å². The molecule has 23 heavy (non-hydrogen) atoms. The maximum absolute atomic E-state index is 5.90. The first-order valence-corrected chi connectivity index (χ1v) is 8.04. The molecule has 0 spiro atoms. The highest BCUT2D eigenvalue weighted by atomic mass is 16.5. The summed E-state index contributed by atoms with van der Waals surface area (Å²) in [6, 6.07) is 3.71. The number of aromatic nitrogens is 3. The predicted molar refractivity (Wildman–Crippen MR) is 85.3 cm³/mol. The summed E-state index contributed by atoms with van der Waals surface area (Å²) in [4.78, 5) is 8.82. The Morgan fingerprint density at radius 1 is 1.35 bits per heavy atom. The first-order chi connectivity index (χ1) is 11.0. The van der Waals surface area contributed by atoms with Crippen molar-refractivity contribution in [1.82, 2.24) is 15.1 Å². The number of pyridine rings is 1. The number of nitrogens with zero attached hydrogens (tertiary/aromatic N) is 3. The second-order valence-corrected chi connectivity index (χ2v) is 6.80. The Kier molecular flexibility index (Phi) is 4.35. The van der Waals surface area contributed by atoms with Gasteiger partial charge in [0.25, 0.3) is 5.89 Å². The first kappa shape index (κ1) is 15.9. The van der Waals surface area contributed by atoms with E-state index in [2.05, 4.69) is 35.9 Å². The molecule has 0 bridgehead atoms. The summed E-state index contributed by atoms with van der Waals surface area (Å²) in [6.45, 7) is 9.70.